The van der Waals surface area contributed by atoms with E-state index in [0.29, 0.717) is 0 Å². The van der Waals surface area contributed by atoms with Crippen LogP contribution in [0.2, 0.25) is 0 Å². The molecule has 4 N–H and O–H groups in total. The van der Waals surface area contributed by atoms with Gasteiger partial charge in [-0.2, -0.15) is 0 Å². The largest absolute Gasteiger partial charge is 0.364 e. The van der Waals surface area contributed by atoms with E-state index in [1.165, 1.54) is 64.2 Å². The van der Waals surface area contributed by atoms with Crippen LogP contribution in [0, 0.1) is 0 Å². The van der Waals surface area contributed by atoms with Crippen molar-refractivity contribution in [1.82, 2.24) is 0 Å². The molecule has 0 aromatic rings. The maximum absolute atomic E-state index is 5.80. The van der Waals surface area contributed by atoms with Crippen LogP contribution in [0.5, 0.6) is 0 Å². The Kier molecular flexibility index (Phi) is 22.3. The predicted octanol–water partition coefficient (Wildman–Crippen LogP) is 4.73. The van der Waals surface area contributed by atoms with Crippen molar-refractivity contribution in [3.63, 3.8) is 0 Å². The Bertz CT molecular complexity index is 199. The molecule has 0 amide bonds. The van der Waals surface area contributed by atoms with Gasteiger partial charge in [-0.15, -0.1) is 12.4 Å². The molecule has 5 heteroatoms. The summed E-state index contributed by atoms with van der Waals surface area (Å²) in [6.45, 7) is 5.43. The van der Waals surface area contributed by atoms with Crippen LogP contribution in [0.4, 0.5) is 0 Å². The highest BCUT2D eigenvalue weighted by molar-refractivity contribution is 5.85. The van der Waals surface area contributed by atoms with Gasteiger partial charge < -0.3 is 20.9 Å². The van der Waals surface area contributed by atoms with Crippen LogP contribution in [0.1, 0.15) is 90.9 Å². The number of hydrogen-bond acceptors (Lipinski definition) is 4. The molecule has 2 atom stereocenters. The second-order valence-electron chi connectivity index (χ2n) is 6.10. The number of unbranched alkanes of at least 4 members (excludes halogenated alkanes) is 9. The molecule has 0 saturated carbocycles. The van der Waals surface area contributed by atoms with Crippen molar-refractivity contribution in [2.24, 2.45) is 11.5 Å². The molecule has 0 rings (SSSR count). The molecule has 0 spiro atoms. The molecule has 0 aliphatic rings. The van der Waals surface area contributed by atoms with E-state index in [2.05, 4.69) is 0 Å². The van der Waals surface area contributed by atoms with Crippen molar-refractivity contribution < 1.29 is 9.47 Å². The highest BCUT2D eigenvalue weighted by atomic mass is 35.5. The summed E-state index contributed by atoms with van der Waals surface area (Å²) >= 11 is 0. The zero-order valence-electron chi connectivity index (χ0n) is 15.4. The number of hydrogen-bond donors (Lipinski definition) is 2. The van der Waals surface area contributed by atoms with Gasteiger partial charge in [0.25, 0.3) is 0 Å². The van der Waals surface area contributed by atoms with Gasteiger partial charge in [0.1, 0.15) is 12.5 Å². The molecule has 0 aromatic heterocycles. The fraction of sp³-hybridized carbons (Fsp3) is 1.00. The van der Waals surface area contributed by atoms with E-state index in [-0.39, 0.29) is 24.9 Å². The third-order valence-corrected chi connectivity index (χ3v) is 3.99. The summed E-state index contributed by atoms with van der Waals surface area (Å²) in [5.74, 6) is 0. The fourth-order valence-electron chi connectivity index (χ4n) is 2.70. The summed E-state index contributed by atoms with van der Waals surface area (Å²) in [6.07, 6.45) is 15.0. The minimum atomic E-state index is -0.0548. The van der Waals surface area contributed by atoms with Crippen LogP contribution in [0.15, 0.2) is 0 Å². The molecular formula is C18H41ClN2O2. The zero-order chi connectivity index (χ0) is 16.5. The second kappa shape index (κ2) is 20.2. The van der Waals surface area contributed by atoms with Crippen molar-refractivity contribution in [2.45, 2.75) is 103 Å². The minimum absolute atomic E-state index is 0. The fourth-order valence-corrected chi connectivity index (χ4v) is 2.70. The van der Waals surface area contributed by atoms with Crippen molar-refractivity contribution in [3.8, 4) is 0 Å². The maximum atomic E-state index is 5.80. The predicted molar refractivity (Wildman–Crippen MR) is 102 cm³/mol. The van der Waals surface area contributed by atoms with Gasteiger partial charge in [0.15, 0.2) is 0 Å². The number of ether oxygens (including phenoxy) is 2. The SMILES string of the molecule is CCOC(N)CCCCCCCCCCCCC(N)OCC.Cl. The van der Waals surface area contributed by atoms with E-state index in [9.17, 15) is 0 Å². The Balaban J connectivity index is 0. The highest BCUT2D eigenvalue weighted by Gasteiger charge is 2.01. The van der Waals surface area contributed by atoms with E-state index in [1.807, 2.05) is 13.8 Å². The summed E-state index contributed by atoms with van der Waals surface area (Å²) in [7, 11) is 0. The van der Waals surface area contributed by atoms with E-state index in [4.69, 9.17) is 20.9 Å². The highest BCUT2D eigenvalue weighted by Crippen LogP contribution is 2.13. The van der Waals surface area contributed by atoms with Crippen LogP contribution < -0.4 is 11.5 Å². The summed E-state index contributed by atoms with van der Waals surface area (Å²) in [4.78, 5) is 0. The van der Waals surface area contributed by atoms with Crippen LogP contribution in [0.25, 0.3) is 0 Å². The van der Waals surface area contributed by atoms with Gasteiger partial charge in [-0.1, -0.05) is 51.4 Å². The van der Waals surface area contributed by atoms with Gasteiger partial charge >= 0.3 is 0 Å². The lowest BCUT2D eigenvalue weighted by Crippen LogP contribution is -2.23. The minimum Gasteiger partial charge on any atom is -0.364 e. The first-order chi connectivity index (χ1) is 10.7. The molecule has 0 fully saturated rings. The van der Waals surface area contributed by atoms with Crippen molar-refractivity contribution in [1.29, 1.82) is 0 Å². The Morgan fingerprint density at radius 2 is 0.826 bits per heavy atom. The summed E-state index contributed by atoms with van der Waals surface area (Å²) < 4.78 is 10.6. The normalized spacial score (nSPS) is 13.6. The van der Waals surface area contributed by atoms with Gasteiger partial charge in [0.2, 0.25) is 0 Å². The van der Waals surface area contributed by atoms with Crippen molar-refractivity contribution in [2.75, 3.05) is 13.2 Å². The molecule has 0 radical (unpaired) electrons. The number of nitrogens with two attached hydrogens (primary N) is 2. The van der Waals surface area contributed by atoms with Gasteiger partial charge in [0, 0.05) is 13.2 Å². The Morgan fingerprint density at radius 1 is 0.565 bits per heavy atom. The van der Waals surface area contributed by atoms with Crippen LogP contribution >= 0.6 is 12.4 Å². The first kappa shape index (κ1) is 25.4. The van der Waals surface area contributed by atoms with Crippen molar-refractivity contribution >= 4 is 12.4 Å². The van der Waals surface area contributed by atoms with E-state index >= 15 is 0 Å². The Labute approximate surface area is 150 Å². The van der Waals surface area contributed by atoms with Gasteiger partial charge in [-0.25, -0.2) is 0 Å². The quantitative estimate of drug-likeness (QED) is 0.293. The van der Waals surface area contributed by atoms with Gasteiger partial charge in [0.05, 0.1) is 0 Å². The molecule has 0 bridgehead atoms. The van der Waals surface area contributed by atoms with Crippen molar-refractivity contribution in [3.05, 3.63) is 0 Å². The summed E-state index contributed by atoms with van der Waals surface area (Å²) in [6, 6.07) is 0. The third kappa shape index (κ3) is 20.1. The molecular weight excluding hydrogens is 312 g/mol. The molecule has 0 aliphatic heterocycles. The monoisotopic (exact) mass is 352 g/mol. The van der Waals surface area contributed by atoms with Gasteiger partial charge in [-0.3, -0.25) is 0 Å². The second-order valence-corrected chi connectivity index (χ2v) is 6.10. The average molecular weight is 353 g/mol. The first-order valence-corrected chi connectivity index (χ1v) is 9.45. The van der Waals surface area contributed by atoms with Gasteiger partial charge in [-0.05, 0) is 39.5 Å². The smallest absolute Gasteiger partial charge is 0.105 e. The average Bonchev–Trinajstić information content (AvgIpc) is 2.49. The molecule has 23 heavy (non-hydrogen) atoms. The molecule has 0 aliphatic carbocycles. The van der Waals surface area contributed by atoms with E-state index in [0.717, 1.165) is 26.1 Å². The topological polar surface area (TPSA) is 70.5 Å². The lowest BCUT2D eigenvalue weighted by Gasteiger charge is -2.11. The van der Waals surface area contributed by atoms with Crippen LogP contribution in [-0.2, 0) is 9.47 Å². The van der Waals surface area contributed by atoms with E-state index in [1.54, 1.807) is 0 Å². The summed E-state index contributed by atoms with van der Waals surface area (Å²) in [5.41, 5.74) is 11.6. The third-order valence-electron chi connectivity index (χ3n) is 3.99. The lowest BCUT2D eigenvalue weighted by molar-refractivity contribution is 0.0594. The summed E-state index contributed by atoms with van der Waals surface area (Å²) in [5, 5.41) is 0. The Hall–Kier alpha value is 0.130. The van der Waals surface area contributed by atoms with Crippen LogP contribution in [-0.4, -0.2) is 25.7 Å². The zero-order valence-corrected chi connectivity index (χ0v) is 16.3. The standard InChI is InChI=1S/C18H40N2O2.ClH/c1-3-21-17(19)15-13-11-9-7-5-6-8-10-12-14-16-18(20)22-4-2;/h17-18H,3-16,19-20H2,1-2H3;1H. The molecule has 4 nitrogen and oxygen atoms in total. The first-order valence-electron chi connectivity index (χ1n) is 9.45. The molecule has 2 unspecified atom stereocenters. The number of rotatable bonds is 17. The Morgan fingerprint density at radius 3 is 1.09 bits per heavy atom. The molecule has 0 saturated heterocycles. The number of halogens is 1. The molecule has 0 aromatic carbocycles. The molecule has 0 heterocycles. The van der Waals surface area contributed by atoms with E-state index < -0.39 is 0 Å². The lowest BCUT2D eigenvalue weighted by atomic mass is 10.0. The maximum Gasteiger partial charge on any atom is 0.105 e. The van der Waals surface area contributed by atoms with Crippen LogP contribution in [0.3, 0.4) is 0 Å². The molecule has 142 valence electrons.